The van der Waals surface area contributed by atoms with Gasteiger partial charge in [0.05, 0.1) is 10.5 Å². The molecular formula is C13H18N2O4S2. The molecule has 4 N–H and O–H groups in total. The number of aromatic carboxylic acids is 1. The molecule has 1 fully saturated rings. The van der Waals surface area contributed by atoms with Crippen LogP contribution in [-0.2, 0) is 10.0 Å². The SMILES string of the molecule is CSC1CCCC1Nc1ccc(S(N)(=O)=O)cc1C(=O)O. The monoisotopic (exact) mass is 330 g/mol. The van der Waals surface area contributed by atoms with Gasteiger partial charge in [-0.3, -0.25) is 0 Å². The van der Waals surface area contributed by atoms with Gasteiger partial charge in [-0.2, -0.15) is 11.8 Å². The van der Waals surface area contributed by atoms with Crippen LogP contribution in [0.15, 0.2) is 23.1 Å². The maximum atomic E-state index is 11.3. The number of benzene rings is 1. The van der Waals surface area contributed by atoms with Gasteiger partial charge in [-0.05, 0) is 37.3 Å². The number of rotatable bonds is 5. The minimum absolute atomic E-state index is 0.0757. The number of primary sulfonamides is 1. The van der Waals surface area contributed by atoms with Gasteiger partial charge < -0.3 is 10.4 Å². The van der Waals surface area contributed by atoms with Crippen molar-refractivity contribution in [3.8, 4) is 0 Å². The van der Waals surface area contributed by atoms with Crippen LogP contribution in [0.4, 0.5) is 5.69 Å². The molecule has 0 heterocycles. The number of nitrogens with one attached hydrogen (secondary N) is 1. The highest BCUT2D eigenvalue weighted by molar-refractivity contribution is 7.99. The van der Waals surface area contributed by atoms with Gasteiger partial charge in [0.2, 0.25) is 10.0 Å². The molecule has 0 saturated heterocycles. The van der Waals surface area contributed by atoms with Crippen LogP contribution in [0.5, 0.6) is 0 Å². The molecule has 8 heteroatoms. The molecule has 6 nitrogen and oxygen atoms in total. The molecule has 0 spiro atoms. The van der Waals surface area contributed by atoms with Crippen LogP contribution in [0.2, 0.25) is 0 Å². The standard InChI is InChI=1S/C13H18N2O4S2/c1-20-12-4-2-3-11(12)15-10-6-5-8(21(14,18)19)7-9(10)13(16)17/h5-7,11-12,15H,2-4H2,1H3,(H,16,17)(H2,14,18,19). The number of thioether (sulfide) groups is 1. The predicted octanol–water partition coefficient (Wildman–Crippen LogP) is 1.73. The van der Waals surface area contributed by atoms with E-state index in [1.807, 2.05) is 6.26 Å². The molecule has 0 radical (unpaired) electrons. The van der Waals surface area contributed by atoms with Crippen molar-refractivity contribution >= 4 is 33.4 Å². The summed E-state index contributed by atoms with van der Waals surface area (Å²) in [5, 5.41) is 18.0. The highest BCUT2D eigenvalue weighted by Gasteiger charge is 2.27. The second-order valence-electron chi connectivity index (χ2n) is 5.01. The Morgan fingerprint density at radius 3 is 2.71 bits per heavy atom. The van der Waals surface area contributed by atoms with E-state index in [4.69, 9.17) is 5.14 Å². The summed E-state index contributed by atoms with van der Waals surface area (Å²) in [7, 11) is -3.91. The number of carboxylic acid groups (broad SMARTS) is 1. The smallest absolute Gasteiger partial charge is 0.337 e. The van der Waals surface area contributed by atoms with E-state index in [0.717, 1.165) is 25.3 Å². The van der Waals surface area contributed by atoms with E-state index in [1.54, 1.807) is 11.8 Å². The Morgan fingerprint density at radius 1 is 1.43 bits per heavy atom. The Morgan fingerprint density at radius 2 is 2.14 bits per heavy atom. The van der Waals surface area contributed by atoms with E-state index in [0.29, 0.717) is 10.9 Å². The van der Waals surface area contributed by atoms with Gasteiger partial charge in [-0.25, -0.2) is 18.4 Å². The number of carbonyl (C=O) groups is 1. The summed E-state index contributed by atoms with van der Waals surface area (Å²) in [6.45, 7) is 0. The van der Waals surface area contributed by atoms with Crippen molar-refractivity contribution in [3.05, 3.63) is 23.8 Å². The molecule has 1 saturated carbocycles. The maximum Gasteiger partial charge on any atom is 0.337 e. The van der Waals surface area contributed by atoms with E-state index in [2.05, 4.69) is 5.32 Å². The topological polar surface area (TPSA) is 109 Å². The predicted molar refractivity (Wildman–Crippen MR) is 83.3 cm³/mol. The first kappa shape index (κ1) is 16.1. The van der Waals surface area contributed by atoms with Crippen molar-refractivity contribution in [2.24, 2.45) is 5.14 Å². The van der Waals surface area contributed by atoms with Crippen LogP contribution in [-0.4, -0.2) is 37.0 Å². The van der Waals surface area contributed by atoms with E-state index in [9.17, 15) is 18.3 Å². The van der Waals surface area contributed by atoms with Crippen molar-refractivity contribution < 1.29 is 18.3 Å². The van der Waals surface area contributed by atoms with Crippen LogP contribution in [0, 0.1) is 0 Å². The molecule has 0 aliphatic heterocycles. The minimum atomic E-state index is -3.91. The summed E-state index contributed by atoms with van der Waals surface area (Å²) < 4.78 is 22.6. The van der Waals surface area contributed by atoms with E-state index < -0.39 is 16.0 Å². The first-order chi connectivity index (χ1) is 9.82. The molecule has 1 aromatic rings. The van der Waals surface area contributed by atoms with Crippen LogP contribution in [0.25, 0.3) is 0 Å². The highest BCUT2D eigenvalue weighted by atomic mass is 32.2. The molecule has 1 aliphatic rings. The second-order valence-corrected chi connectivity index (χ2v) is 7.65. The van der Waals surface area contributed by atoms with Crippen molar-refractivity contribution in [1.82, 2.24) is 0 Å². The lowest BCUT2D eigenvalue weighted by molar-refractivity contribution is 0.0697. The molecular weight excluding hydrogens is 312 g/mol. The summed E-state index contributed by atoms with van der Waals surface area (Å²) >= 11 is 1.76. The highest BCUT2D eigenvalue weighted by Crippen LogP contribution is 2.32. The molecule has 2 rings (SSSR count). The zero-order valence-corrected chi connectivity index (χ0v) is 13.2. The average molecular weight is 330 g/mol. The molecule has 0 amide bonds. The third-order valence-corrected chi connectivity index (χ3v) is 5.73. The van der Waals surface area contributed by atoms with Crippen molar-refractivity contribution in [1.29, 1.82) is 0 Å². The number of sulfonamides is 1. The van der Waals surface area contributed by atoms with E-state index in [1.165, 1.54) is 12.1 Å². The Labute approximate surface area is 128 Å². The lowest BCUT2D eigenvalue weighted by Crippen LogP contribution is -2.27. The van der Waals surface area contributed by atoms with Gasteiger partial charge in [-0.1, -0.05) is 6.42 Å². The van der Waals surface area contributed by atoms with Gasteiger partial charge in [0.1, 0.15) is 0 Å². The van der Waals surface area contributed by atoms with Crippen LogP contribution < -0.4 is 10.5 Å². The fourth-order valence-electron chi connectivity index (χ4n) is 2.58. The zero-order chi connectivity index (χ0) is 15.6. The lowest BCUT2D eigenvalue weighted by Gasteiger charge is -2.21. The molecule has 2 atom stereocenters. The summed E-state index contributed by atoms with van der Waals surface area (Å²) in [5.74, 6) is -1.18. The summed E-state index contributed by atoms with van der Waals surface area (Å²) in [5.41, 5.74) is 0.356. The van der Waals surface area contributed by atoms with Crippen molar-refractivity contribution in [2.75, 3.05) is 11.6 Å². The first-order valence-corrected chi connectivity index (χ1v) is 9.36. The number of hydrogen-bond acceptors (Lipinski definition) is 5. The van der Waals surface area contributed by atoms with Crippen molar-refractivity contribution in [3.63, 3.8) is 0 Å². The van der Waals surface area contributed by atoms with Crippen LogP contribution >= 0.6 is 11.8 Å². The zero-order valence-electron chi connectivity index (χ0n) is 11.6. The second kappa shape index (κ2) is 6.25. The Kier molecular flexibility index (Phi) is 4.80. The van der Waals surface area contributed by atoms with Crippen LogP contribution in [0.3, 0.4) is 0 Å². The Hall–Kier alpha value is -1.25. The largest absolute Gasteiger partial charge is 0.478 e. The number of anilines is 1. The lowest BCUT2D eigenvalue weighted by atomic mass is 10.1. The minimum Gasteiger partial charge on any atom is -0.478 e. The Bertz CT molecular complexity index is 646. The van der Waals surface area contributed by atoms with Crippen molar-refractivity contribution in [2.45, 2.75) is 35.4 Å². The number of nitrogens with two attached hydrogens (primary N) is 1. The van der Waals surface area contributed by atoms with Gasteiger partial charge >= 0.3 is 5.97 Å². The molecule has 0 bridgehead atoms. The number of hydrogen-bond donors (Lipinski definition) is 3. The van der Waals surface area contributed by atoms with Crippen LogP contribution in [0.1, 0.15) is 29.6 Å². The molecule has 21 heavy (non-hydrogen) atoms. The molecule has 116 valence electrons. The Balaban J connectivity index is 2.33. The molecule has 0 aromatic heterocycles. The normalized spacial score (nSPS) is 22.2. The van der Waals surface area contributed by atoms with Gasteiger partial charge in [0.25, 0.3) is 0 Å². The van der Waals surface area contributed by atoms with Gasteiger partial charge in [0.15, 0.2) is 0 Å². The number of carboxylic acids is 1. The van der Waals surface area contributed by atoms with Gasteiger partial charge in [-0.15, -0.1) is 0 Å². The molecule has 2 unspecified atom stereocenters. The molecule has 1 aromatic carbocycles. The quantitative estimate of drug-likeness (QED) is 0.758. The maximum absolute atomic E-state index is 11.3. The fraction of sp³-hybridized carbons (Fsp3) is 0.462. The third kappa shape index (κ3) is 3.69. The summed E-state index contributed by atoms with van der Waals surface area (Å²) in [4.78, 5) is 11.1. The average Bonchev–Trinajstić information content (AvgIpc) is 2.84. The summed E-state index contributed by atoms with van der Waals surface area (Å²) in [6, 6.07) is 4.09. The van der Waals surface area contributed by atoms with E-state index >= 15 is 0 Å². The fourth-order valence-corrected chi connectivity index (χ4v) is 4.05. The van der Waals surface area contributed by atoms with E-state index in [-0.39, 0.29) is 16.5 Å². The molecule has 1 aliphatic carbocycles. The first-order valence-electron chi connectivity index (χ1n) is 6.52. The summed E-state index contributed by atoms with van der Waals surface area (Å²) in [6.07, 6.45) is 5.20. The third-order valence-electron chi connectivity index (χ3n) is 3.65. The van der Waals surface area contributed by atoms with Gasteiger partial charge in [0, 0.05) is 17.0 Å².